The van der Waals surface area contributed by atoms with E-state index in [4.69, 9.17) is 4.74 Å². The van der Waals surface area contributed by atoms with Gasteiger partial charge in [-0.2, -0.15) is 0 Å². The summed E-state index contributed by atoms with van der Waals surface area (Å²) in [7, 11) is 0. The SMILES string of the molecule is CC(C)Oc1ccc([C@@H]2CCCN2)cn1. The van der Waals surface area contributed by atoms with Crippen LogP contribution in [0.3, 0.4) is 0 Å². The van der Waals surface area contributed by atoms with Crippen LogP contribution in [-0.4, -0.2) is 17.6 Å². The third-order valence-corrected chi connectivity index (χ3v) is 2.58. The third-order valence-electron chi connectivity index (χ3n) is 2.58. The molecule has 1 fully saturated rings. The van der Waals surface area contributed by atoms with Crippen LogP contribution in [0.25, 0.3) is 0 Å². The second-order valence-electron chi connectivity index (χ2n) is 4.25. The summed E-state index contributed by atoms with van der Waals surface area (Å²) < 4.78 is 5.50. The maximum Gasteiger partial charge on any atom is 0.213 e. The number of aromatic nitrogens is 1. The number of hydrogen-bond donors (Lipinski definition) is 1. The van der Waals surface area contributed by atoms with Crippen LogP contribution in [0, 0.1) is 0 Å². The first-order chi connectivity index (χ1) is 7.25. The maximum atomic E-state index is 5.50. The van der Waals surface area contributed by atoms with E-state index < -0.39 is 0 Å². The van der Waals surface area contributed by atoms with E-state index in [1.165, 1.54) is 18.4 Å². The van der Waals surface area contributed by atoms with Crippen LogP contribution < -0.4 is 10.1 Å². The highest BCUT2D eigenvalue weighted by Crippen LogP contribution is 2.23. The van der Waals surface area contributed by atoms with Gasteiger partial charge in [-0.15, -0.1) is 0 Å². The van der Waals surface area contributed by atoms with E-state index in [1.54, 1.807) is 0 Å². The molecule has 0 unspecified atom stereocenters. The van der Waals surface area contributed by atoms with Gasteiger partial charge in [0.1, 0.15) is 0 Å². The molecule has 0 spiro atoms. The van der Waals surface area contributed by atoms with Crippen molar-refractivity contribution in [2.45, 2.75) is 38.8 Å². The van der Waals surface area contributed by atoms with Crippen LogP contribution in [-0.2, 0) is 0 Å². The van der Waals surface area contributed by atoms with Gasteiger partial charge in [-0.25, -0.2) is 4.98 Å². The predicted molar refractivity (Wildman–Crippen MR) is 60.0 cm³/mol. The molecule has 0 aromatic carbocycles. The Morgan fingerprint density at radius 1 is 1.47 bits per heavy atom. The molecule has 1 aliphatic rings. The fourth-order valence-electron chi connectivity index (χ4n) is 1.88. The quantitative estimate of drug-likeness (QED) is 0.824. The second-order valence-corrected chi connectivity index (χ2v) is 4.25. The van der Waals surface area contributed by atoms with E-state index >= 15 is 0 Å². The summed E-state index contributed by atoms with van der Waals surface area (Å²) in [6.07, 6.45) is 4.58. The monoisotopic (exact) mass is 206 g/mol. The Hall–Kier alpha value is -1.09. The molecule has 0 aliphatic carbocycles. The van der Waals surface area contributed by atoms with Crippen LogP contribution in [0.1, 0.15) is 38.3 Å². The molecule has 2 rings (SSSR count). The Labute approximate surface area is 90.9 Å². The Balaban J connectivity index is 2.03. The van der Waals surface area contributed by atoms with E-state index in [2.05, 4.69) is 16.4 Å². The summed E-state index contributed by atoms with van der Waals surface area (Å²) in [5.74, 6) is 0.715. The molecule has 1 aromatic rings. The minimum atomic E-state index is 0.188. The van der Waals surface area contributed by atoms with Gasteiger partial charge in [0.25, 0.3) is 0 Å². The molecule has 3 nitrogen and oxygen atoms in total. The van der Waals surface area contributed by atoms with Crippen LogP contribution >= 0.6 is 0 Å². The normalized spacial score (nSPS) is 20.9. The second kappa shape index (κ2) is 4.62. The molecule has 2 heterocycles. The highest BCUT2D eigenvalue weighted by molar-refractivity contribution is 5.21. The van der Waals surface area contributed by atoms with E-state index in [9.17, 15) is 0 Å². The molecule has 0 amide bonds. The molecule has 1 aliphatic heterocycles. The Bertz CT molecular complexity index is 302. The predicted octanol–water partition coefficient (Wildman–Crippen LogP) is 2.29. The van der Waals surface area contributed by atoms with Crippen LogP contribution in [0.4, 0.5) is 0 Å². The van der Waals surface area contributed by atoms with E-state index in [0.717, 1.165) is 6.54 Å². The fourth-order valence-corrected chi connectivity index (χ4v) is 1.88. The van der Waals surface area contributed by atoms with E-state index in [-0.39, 0.29) is 6.10 Å². The summed E-state index contributed by atoms with van der Waals surface area (Å²) in [5.41, 5.74) is 1.27. The van der Waals surface area contributed by atoms with Gasteiger partial charge in [0, 0.05) is 18.3 Å². The van der Waals surface area contributed by atoms with Gasteiger partial charge in [0.05, 0.1) is 6.10 Å². The first kappa shape index (κ1) is 10.4. The zero-order valence-corrected chi connectivity index (χ0v) is 9.36. The summed E-state index contributed by atoms with van der Waals surface area (Å²) in [5, 5.41) is 3.45. The molecule has 82 valence electrons. The molecule has 0 saturated carbocycles. The average Bonchev–Trinajstić information content (AvgIpc) is 2.71. The molecule has 15 heavy (non-hydrogen) atoms. The number of nitrogens with zero attached hydrogens (tertiary/aromatic N) is 1. The highest BCUT2D eigenvalue weighted by Gasteiger charge is 2.16. The lowest BCUT2D eigenvalue weighted by atomic mass is 10.1. The van der Waals surface area contributed by atoms with Gasteiger partial charge in [-0.1, -0.05) is 6.07 Å². The van der Waals surface area contributed by atoms with Gasteiger partial charge < -0.3 is 10.1 Å². The number of pyridine rings is 1. The van der Waals surface area contributed by atoms with Crippen molar-refractivity contribution < 1.29 is 4.74 Å². The Morgan fingerprint density at radius 2 is 2.33 bits per heavy atom. The largest absolute Gasteiger partial charge is 0.475 e. The van der Waals surface area contributed by atoms with Gasteiger partial charge in [0.15, 0.2) is 0 Å². The van der Waals surface area contributed by atoms with Crippen molar-refractivity contribution in [1.29, 1.82) is 0 Å². The molecule has 1 atom stereocenters. The van der Waals surface area contributed by atoms with Crippen molar-refractivity contribution in [3.8, 4) is 5.88 Å². The smallest absolute Gasteiger partial charge is 0.213 e. The molecule has 0 bridgehead atoms. The Morgan fingerprint density at radius 3 is 2.87 bits per heavy atom. The zero-order chi connectivity index (χ0) is 10.7. The van der Waals surface area contributed by atoms with E-state index in [1.807, 2.05) is 26.1 Å². The minimum absolute atomic E-state index is 0.188. The first-order valence-corrected chi connectivity index (χ1v) is 5.61. The van der Waals surface area contributed by atoms with Crippen molar-refractivity contribution in [1.82, 2.24) is 10.3 Å². The standard InChI is InChI=1S/C12H18N2O/c1-9(2)15-12-6-5-10(8-14-12)11-4-3-7-13-11/h5-6,8-9,11,13H,3-4,7H2,1-2H3/t11-/m0/s1. The molecule has 0 radical (unpaired) electrons. The van der Waals surface area contributed by atoms with Gasteiger partial charge >= 0.3 is 0 Å². The number of nitrogens with one attached hydrogen (secondary N) is 1. The average molecular weight is 206 g/mol. The van der Waals surface area contributed by atoms with Crippen LogP contribution in [0.5, 0.6) is 5.88 Å². The van der Waals surface area contributed by atoms with Crippen LogP contribution in [0.15, 0.2) is 18.3 Å². The topological polar surface area (TPSA) is 34.1 Å². The van der Waals surface area contributed by atoms with Gasteiger partial charge in [0.2, 0.25) is 5.88 Å². The highest BCUT2D eigenvalue weighted by atomic mass is 16.5. The minimum Gasteiger partial charge on any atom is -0.475 e. The lowest BCUT2D eigenvalue weighted by Gasteiger charge is -2.12. The fraction of sp³-hybridized carbons (Fsp3) is 0.583. The van der Waals surface area contributed by atoms with Crippen molar-refractivity contribution >= 4 is 0 Å². The van der Waals surface area contributed by atoms with Crippen molar-refractivity contribution in [2.75, 3.05) is 6.54 Å². The maximum absolute atomic E-state index is 5.50. The number of rotatable bonds is 3. The van der Waals surface area contributed by atoms with E-state index in [0.29, 0.717) is 11.9 Å². The number of ether oxygens (including phenoxy) is 1. The summed E-state index contributed by atoms with van der Waals surface area (Å²) in [4.78, 5) is 4.30. The van der Waals surface area contributed by atoms with Gasteiger partial charge in [-0.3, -0.25) is 0 Å². The first-order valence-electron chi connectivity index (χ1n) is 5.61. The van der Waals surface area contributed by atoms with Crippen molar-refractivity contribution in [3.63, 3.8) is 0 Å². The molecular weight excluding hydrogens is 188 g/mol. The lowest BCUT2D eigenvalue weighted by Crippen LogP contribution is -2.13. The summed E-state index contributed by atoms with van der Waals surface area (Å²) in [6, 6.07) is 4.55. The van der Waals surface area contributed by atoms with Gasteiger partial charge in [-0.05, 0) is 38.8 Å². The molecule has 1 saturated heterocycles. The summed E-state index contributed by atoms with van der Waals surface area (Å²) in [6.45, 7) is 5.14. The van der Waals surface area contributed by atoms with Crippen molar-refractivity contribution in [2.24, 2.45) is 0 Å². The molecular formula is C12H18N2O. The third kappa shape index (κ3) is 2.69. The molecule has 3 heteroatoms. The zero-order valence-electron chi connectivity index (χ0n) is 9.36. The number of hydrogen-bond acceptors (Lipinski definition) is 3. The Kier molecular flexibility index (Phi) is 3.21. The summed E-state index contributed by atoms with van der Waals surface area (Å²) >= 11 is 0. The molecule has 1 aromatic heterocycles. The molecule has 1 N–H and O–H groups in total. The van der Waals surface area contributed by atoms with Crippen molar-refractivity contribution in [3.05, 3.63) is 23.9 Å². The van der Waals surface area contributed by atoms with Crippen LogP contribution in [0.2, 0.25) is 0 Å². The lowest BCUT2D eigenvalue weighted by molar-refractivity contribution is 0.232.